The van der Waals surface area contributed by atoms with Crippen LogP contribution in [0.25, 0.3) is 0 Å². The Morgan fingerprint density at radius 1 is 1.17 bits per heavy atom. The maximum absolute atomic E-state index is 11.9. The number of hydrogen-bond acceptors (Lipinski definition) is 2. The van der Waals surface area contributed by atoms with Crippen LogP contribution in [0.2, 0.25) is 0 Å². The molecule has 2 rings (SSSR count). The normalized spacial score (nSPS) is 18.3. The van der Waals surface area contributed by atoms with Crippen molar-refractivity contribution < 1.29 is 4.79 Å². The number of nitrogens with two attached hydrogens (primary N) is 1. The Labute approximate surface area is 109 Å². The summed E-state index contributed by atoms with van der Waals surface area (Å²) in [5.41, 5.74) is 6.53. The van der Waals surface area contributed by atoms with Gasteiger partial charge in [0.1, 0.15) is 0 Å². The van der Waals surface area contributed by atoms with E-state index in [1.165, 1.54) is 24.8 Å². The molecule has 98 valence electrons. The molecular formula is C15H22N2O. The zero-order chi connectivity index (χ0) is 12.8. The van der Waals surface area contributed by atoms with Gasteiger partial charge in [-0.05, 0) is 18.4 Å². The van der Waals surface area contributed by atoms with E-state index in [2.05, 4.69) is 17.4 Å². The average molecular weight is 246 g/mol. The van der Waals surface area contributed by atoms with Crippen molar-refractivity contribution in [2.75, 3.05) is 6.54 Å². The van der Waals surface area contributed by atoms with E-state index in [1.54, 1.807) is 0 Å². The molecule has 0 aromatic heterocycles. The molecule has 1 aromatic carbocycles. The Morgan fingerprint density at radius 3 is 2.44 bits per heavy atom. The van der Waals surface area contributed by atoms with Crippen LogP contribution in [-0.4, -0.2) is 12.5 Å². The Bertz CT molecular complexity index is 383. The molecular weight excluding hydrogens is 224 g/mol. The minimum absolute atomic E-state index is 0.0725. The first kappa shape index (κ1) is 13.1. The van der Waals surface area contributed by atoms with E-state index < -0.39 is 0 Å². The Morgan fingerprint density at radius 2 is 1.83 bits per heavy atom. The molecule has 1 aromatic rings. The minimum atomic E-state index is -0.161. The van der Waals surface area contributed by atoms with Crippen molar-refractivity contribution in [3.05, 3.63) is 35.9 Å². The molecule has 18 heavy (non-hydrogen) atoms. The number of nitrogens with one attached hydrogen (secondary N) is 1. The van der Waals surface area contributed by atoms with E-state index in [-0.39, 0.29) is 11.4 Å². The molecule has 3 N–H and O–H groups in total. The molecule has 1 aliphatic carbocycles. The summed E-state index contributed by atoms with van der Waals surface area (Å²) < 4.78 is 0. The molecule has 0 unspecified atom stereocenters. The molecule has 0 saturated heterocycles. The third-order valence-electron chi connectivity index (χ3n) is 3.78. The fraction of sp³-hybridized carbons (Fsp3) is 0.533. The summed E-state index contributed by atoms with van der Waals surface area (Å²) in [5, 5.41) is 3.23. The summed E-state index contributed by atoms with van der Waals surface area (Å²) in [4.78, 5) is 11.9. The van der Waals surface area contributed by atoms with Gasteiger partial charge in [-0.25, -0.2) is 0 Å². The van der Waals surface area contributed by atoms with Crippen LogP contribution in [0.15, 0.2) is 30.3 Å². The number of carbonyl (C=O) groups is 1. The van der Waals surface area contributed by atoms with Crippen molar-refractivity contribution in [1.29, 1.82) is 0 Å². The highest BCUT2D eigenvalue weighted by Gasteiger charge is 2.34. The smallest absolute Gasteiger partial charge is 0.221 e. The van der Waals surface area contributed by atoms with Crippen LogP contribution >= 0.6 is 0 Å². The molecule has 0 atom stereocenters. The standard InChI is InChI=1S/C15H22N2O/c16-12-9-14(18)17-15(10-5-2-6-11-15)13-7-3-1-4-8-13/h1,3-4,7-8H,2,5-6,9-12,16H2,(H,17,18). The van der Waals surface area contributed by atoms with Crippen LogP contribution in [0, 0.1) is 0 Å². The fourth-order valence-corrected chi connectivity index (χ4v) is 2.86. The number of hydrogen-bond donors (Lipinski definition) is 2. The summed E-state index contributed by atoms with van der Waals surface area (Å²) in [5.74, 6) is 0.0725. The van der Waals surface area contributed by atoms with E-state index in [1.807, 2.05) is 18.2 Å². The molecule has 1 saturated carbocycles. The molecule has 1 amide bonds. The van der Waals surface area contributed by atoms with Crippen LogP contribution < -0.4 is 11.1 Å². The van der Waals surface area contributed by atoms with Gasteiger partial charge in [-0.1, -0.05) is 49.6 Å². The second-order valence-electron chi connectivity index (χ2n) is 5.10. The first-order valence-corrected chi connectivity index (χ1v) is 6.83. The van der Waals surface area contributed by atoms with Gasteiger partial charge in [0, 0.05) is 13.0 Å². The van der Waals surface area contributed by atoms with Crippen molar-refractivity contribution in [2.45, 2.75) is 44.1 Å². The predicted octanol–water partition coefficient (Wildman–Crippen LogP) is 2.31. The van der Waals surface area contributed by atoms with Crippen molar-refractivity contribution in [3.63, 3.8) is 0 Å². The van der Waals surface area contributed by atoms with E-state index in [9.17, 15) is 4.79 Å². The SMILES string of the molecule is NCCC(=O)NC1(c2ccccc2)CCCCC1. The first-order chi connectivity index (χ1) is 8.77. The zero-order valence-corrected chi connectivity index (χ0v) is 10.8. The molecule has 1 fully saturated rings. The lowest BCUT2D eigenvalue weighted by molar-refractivity contribution is -0.123. The van der Waals surface area contributed by atoms with Crippen molar-refractivity contribution in [1.82, 2.24) is 5.32 Å². The summed E-state index contributed by atoms with van der Waals surface area (Å²) in [6.07, 6.45) is 6.10. The van der Waals surface area contributed by atoms with E-state index in [0.717, 1.165) is 12.8 Å². The van der Waals surface area contributed by atoms with Gasteiger partial charge in [0.25, 0.3) is 0 Å². The third-order valence-corrected chi connectivity index (χ3v) is 3.78. The number of benzene rings is 1. The Balaban J connectivity index is 2.20. The number of carbonyl (C=O) groups excluding carboxylic acids is 1. The molecule has 0 bridgehead atoms. The first-order valence-electron chi connectivity index (χ1n) is 6.83. The van der Waals surface area contributed by atoms with Gasteiger partial charge in [0.2, 0.25) is 5.91 Å². The lowest BCUT2D eigenvalue weighted by Gasteiger charge is -2.38. The van der Waals surface area contributed by atoms with Crippen LogP contribution in [0.4, 0.5) is 0 Å². The van der Waals surface area contributed by atoms with Crippen molar-refractivity contribution in [2.24, 2.45) is 5.73 Å². The highest BCUT2D eigenvalue weighted by atomic mass is 16.1. The molecule has 0 radical (unpaired) electrons. The van der Waals surface area contributed by atoms with Gasteiger partial charge >= 0.3 is 0 Å². The molecule has 0 spiro atoms. The van der Waals surface area contributed by atoms with Crippen LogP contribution in [-0.2, 0) is 10.3 Å². The van der Waals surface area contributed by atoms with Crippen molar-refractivity contribution in [3.8, 4) is 0 Å². The number of rotatable bonds is 4. The Kier molecular flexibility index (Phi) is 4.37. The topological polar surface area (TPSA) is 55.1 Å². The van der Waals surface area contributed by atoms with Gasteiger partial charge in [-0.2, -0.15) is 0 Å². The van der Waals surface area contributed by atoms with Crippen LogP contribution in [0.3, 0.4) is 0 Å². The zero-order valence-electron chi connectivity index (χ0n) is 10.8. The molecule has 1 aliphatic rings. The van der Waals surface area contributed by atoms with E-state index >= 15 is 0 Å². The Hall–Kier alpha value is -1.35. The lowest BCUT2D eigenvalue weighted by atomic mass is 9.76. The number of amides is 1. The van der Waals surface area contributed by atoms with Crippen LogP contribution in [0.5, 0.6) is 0 Å². The molecule has 0 aliphatic heterocycles. The summed E-state index contributed by atoms with van der Waals surface area (Å²) in [6.45, 7) is 0.413. The third kappa shape index (κ3) is 2.91. The van der Waals surface area contributed by atoms with Gasteiger partial charge in [-0.3, -0.25) is 4.79 Å². The van der Waals surface area contributed by atoms with Crippen LogP contribution in [0.1, 0.15) is 44.1 Å². The fourth-order valence-electron chi connectivity index (χ4n) is 2.86. The quantitative estimate of drug-likeness (QED) is 0.856. The van der Waals surface area contributed by atoms with Gasteiger partial charge in [0.05, 0.1) is 5.54 Å². The monoisotopic (exact) mass is 246 g/mol. The highest BCUT2D eigenvalue weighted by molar-refractivity contribution is 5.77. The second kappa shape index (κ2) is 6.01. The molecule has 3 heteroatoms. The van der Waals surface area contributed by atoms with Gasteiger partial charge in [0.15, 0.2) is 0 Å². The van der Waals surface area contributed by atoms with Gasteiger partial charge in [-0.15, -0.1) is 0 Å². The highest BCUT2D eigenvalue weighted by Crippen LogP contribution is 2.37. The molecule has 3 nitrogen and oxygen atoms in total. The second-order valence-corrected chi connectivity index (χ2v) is 5.10. The maximum Gasteiger partial charge on any atom is 0.221 e. The van der Waals surface area contributed by atoms with Crippen molar-refractivity contribution >= 4 is 5.91 Å². The predicted molar refractivity (Wildman–Crippen MR) is 73.0 cm³/mol. The molecule has 0 heterocycles. The van der Waals surface area contributed by atoms with E-state index in [0.29, 0.717) is 13.0 Å². The van der Waals surface area contributed by atoms with Gasteiger partial charge < -0.3 is 11.1 Å². The lowest BCUT2D eigenvalue weighted by Crippen LogP contribution is -2.47. The maximum atomic E-state index is 11.9. The average Bonchev–Trinajstić information content (AvgIpc) is 2.41. The minimum Gasteiger partial charge on any atom is -0.347 e. The van der Waals surface area contributed by atoms with E-state index in [4.69, 9.17) is 5.73 Å². The summed E-state index contributed by atoms with van der Waals surface area (Å²) in [7, 11) is 0. The largest absolute Gasteiger partial charge is 0.347 e. The summed E-state index contributed by atoms with van der Waals surface area (Å²) >= 11 is 0. The summed E-state index contributed by atoms with van der Waals surface area (Å²) in [6, 6.07) is 10.3.